The minimum Gasteiger partial charge on any atom is -0.474 e. The number of Topliss-reactive ketones (excluding diaryl/α,β-unsaturated/α-hetero) is 1. The Bertz CT molecular complexity index is 1050. The Kier molecular flexibility index (Phi) is 5.58. The molecule has 28 heavy (non-hydrogen) atoms. The first kappa shape index (κ1) is 20.1. The molecule has 0 bridgehead atoms. The van der Waals surface area contributed by atoms with Crippen LogP contribution in [-0.2, 0) is 4.79 Å². The molecule has 0 aliphatic heterocycles. The maximum Gasteiger partial charge on any atom is 0.260 e. The normalized spacial score (nSPS) is 16.5. The van der Waals surface area contributed by atoms with E-state index in [4.69, 9.17) is 22.1 Å². The largest absolute Gasteiger partial charge is 0.474 e. The number of hydrogen-bond donors (Lipinski definition) is 1. The molecule has 2 heterocycles. The fourth-order valence-corrected chi connectivity index (χ4v) is 3.04. The summed E-state index contributed by atoms with van der Waals surface area (Å²) in [6.45, 7) is 6.90. The van der Waals surface area contributed by atoms with Crippen LogP contribution in [0.3, 0.4) is 0 Å². The van der Waals surface area contributed by atoms with Crippen molar-refractivity contribution < 1.29 is 9.53 Å². The van der Waals surface area contributed by atoms with Gasteiger partial charge < -0.3 is 15.4 Å². The summed E-state index contributed by atoms with van der Waals surface area (Å²) in [6.07, 6.45) is 1.64. The van der Waals surface area contributed by atoms with Crippen LogP contribution in [0.4, 0.5) is 5.69 Å². The van der Waals surface area contributed by atoms with E-state index in [9.17, 15) is 4.79 Å². The van der Waals surface area contributed by atoms with Gasteiger partial charge in [-0.2, -0.15) is 0 Å². The number of ketones is 1. The number of ether oxygens (including phenoxy) is 1. The van der Waals surface area contributed by atoms with E-state index in [-0.39, 0.29) is 16.5 Å². The number of allylic oxidation sites excluding steroid dienone is 3. The summed E-state index contributed by atoms with van der Waals surface area (Å²) in [5.41, 5.74) is 10.6. The zero-order chi connectivity index (χ0) is 20.6. The first-order valence-corrected chi connectivity index (χ1v) is 9.32. The number of likely N-dealkylation sites (N-methyl/N-ethyl adjacent to an activating group) is 1. The van der Waals surface area contributed by atoms with E-state index in [2.05, 4.69) is 10.1 Å². The Morgan fingerprint density at radius 3 is 2.68 bits per heavy atom. The highest BCUT2D eigenvalue weighted by molar-refractivity contribution is 6.49. The number of aliphatic imine (C=N–C) groups is 1. The van der Waals surface area contributed by atoms with Gasteiger partial charge in [-0.25, -0.2) is 9.51 Å². The summed E-state index contributed by atoms with van der Waals surface area (Å²) in [4.78, 5) is 18.7. The van der Waals surface area contributed by atoms with Gasteiger partial charge in [-0.1, -0.05) is 17.7 Å². The number of carbonyl (C=O) groups is 1. The first-order valence-electron chi connectivity index (χ1n) is 8.94. The summed E-state index contributed by atoms with van der Waals surface area (Å²) < 4.78 is 7.73. The highest BCUT2D eigenvalue weighted by Crippen LogP contribution is 2.34. The van der Waals surface area contributed by atoms with Crippen LogP contribution in [0.2, 0.25) is 0 Å². The van der Waals surface area contributed by atoms with Gasteiger partial charge in [0.25, 0.3) is 5.88 Å². The number of fused-ring (bicyclic) bond motifs is 1. The molecule has 0 saturated carbocycles. The summed E-state index contributed by atoms with van der Waals surface area (Å²) in [6, 6.07) is 3.96. The number of nitrogens with two attached hydrogens (primary N) is 1. The predicted molar refractivity (Wildman–Crippen MR) is 112 cm³/mol. The molecule has 0 radical (unpaired) electrons. The Morgan fingerprint density at radius 1 is 1.29 bits per heavy atom. The second-order valence-electron chi connectivity index (χ2n) is 7.09. The van der Waals surface area contributed by atoms with Crippen LogP contribution in [0.5, 0.6) is 5.88 Å². The molecule has 0 aromatic carbocycles. The molecule has 0 spiro atoms. The van der Waals surface area contributed by atoms with Crippen molar-refractivity contribution in [2.24, 2.45) is 10.7 Å². The van der Waals surface area contributed by atoms with E-state index < -0.39 is 0 Å². The van der Waals surface area contributed by atoms with Crippen molar-refractivity contribution in [1.29, 1.82) is 0 Å². The van der Waals surface area contributed by atoms with E-state index in [1.165, 1.54) is 0 Å². The topological polar surface area (TPSA) is 85.2 Å². The molecule has 7 nitrogen and oxygen atoms in total. The molecule has 8 heteroatoms. The van der Waals surface area contributed by atoms with E-state index in [0.717, 1.165) is 23.3 Å². The average molecular weight is 402 g/mol. The molecular weight excluding hydrogens is 378 g/mol. The SMILES string of the molecule is CC1=C/C(=N\c2c(OCCN(C)C)nn3c(C)c(C)ccc23)C(N)=C(Cl)C1=O. The van der Waals surface area contributed by atoms with Crippen molar-refractivity contribution in [3.8, 4) is 5.88 Å². The summed E-state index contributed by atoms with van der Waals surface area (Å²) >= 11 is 6.10. The standard InChI is InChI=1S/C20H24ClN5O2/c1-11-6-7-15-18(23-14-10-12(2)19(27)16(21)17(14)22)20(24-26(15)13(11)3)28-9-8-25(4)5/h6-7,10H,8-9,22H2,1-5H3/b23-14+. The minimum atomic E-state index is -0.285. The molecule has 3 rings (SSSR count). The highest BCUT2D eigenvalue weighted by atomic mass is 35.5. The number of pyridine rings is 1. The van der Waals surface area contributed by atoms with Gasteiger partial charge in [0.1, 0.15) is 11.6 Å². The monoisotopic (exact) mass is 401 g/mol. The fourth-order valence-electron chi connectivity index (χ4n) is 2.80. The van der Waals surface area contributed by atoms with Gasteiger partial charge in [0.05, 0.1) is 16.9 Å². The van der Waals surface area contributed by atoms with Crippen molar-refractivity contribution in [1.82, 2.24) is 14.5 Å². The lowest BCUT2D eigenvalue weighted by Gasteiger charge is -2.13. The highest BCUT2D eigenvalue weighted by Gasteiger charge is 2.23. The lowest BCUT2D eigenvalue weighted by molar-refractivity contribution is -0.111. The Balaban J connectivity index is 2.15. The number of aryl methyl sites for hydroxylation is 2. The number of nitrogens with zero attached hydrogens (tertiary/aromatic N) is 4. The van der Waals surface area contributed by atoms with Gasteiger partial charge >= 0.3 is 0 Å². The van der Waals surface area contributed by atoms with E-state index in [1.54, 1.807) is 13.0 Å². The predicted octanol–water partition coefficient (Wildman–Crippen LogP) is 2.90. The molecular formula is C20H24ClN5O2. The van der Waals surface area contributed by atoms with Crippen LogP contribution < -0.4 is 10.5 Å². The van der Waals surface area contributed by atoms with E-state index in [1.807, 2.05) is 49.5 Å². The van der Waals surface area contributed by atoms with Crippen LogP contribution >= 0.6 is 11.6 Å². The van der Waals surface area contributed by atoms with Gasteiger partial charge in [0.2, 0.25) is 5.78 Å². The van der Waals surface area contributed by atoms with Crippen molar-refractivity contribution in [2.45, 2.75) is 20.8 Å². The average Bonchev–Trinajstić information content (AvgIpc) is 2.99. The number of hydrogen-bond acceptors (Lipinski definition) is 6. The molecule has 0 saturated heterocycles. The zero-order valence-electron chi connectivity index (χ0n) is 16.7. The van der Waals surface area contributed by atoms with Crippen LogP contribution in [0, 0.1) is 13.8 Å². The summed E-state index contributed by atoms with van der Waals surface area (Å²) in [7, 11) is 3.95. The third-order valence-electron chi connectivity index (χ3n) is 4.68. The van der Waals surface area contributed by atoms with E-state index >= 15 is 0 Å². The molecule has 1 aliphatic rings. The third-order valence-corrected chi connectivity index (χ3v) is 5.05. The molecule has 2 aromatic rings. The number of rotatable bonds is 5. The minimum absolute atomic E-state index is 0.0164. The second kappa shape index (κ2) is 7.77. The van der Waals surface area contributed by atoms with Gasteiger partial charge in [0.15, 0.2) is 5.69 Å². The quantitative estimate of drug-likeness (QED) is 0.778. The van der Waals surface area contributed by atoms with Crippen LogP contribution in [-0.4, -0.2) is 53.3 Å². The third kappa shape index (κ3) is 3.68. The molecule has 0 amide bonds. The summed E-state index contributed by atoms with van der Waals surface area (Å²) in [5, 5.41) is 4.59. The maximum absolute atomic E-state index is 12.0. The smallest absolute Gasteiger partial charge is 0.260 e. The van der Waals surface area contributed by atoms with Crippen LogP contribution in [0.15, 0.2) is 39.5 Å². The maximum atomic E-state index is 12.0. The van der Waals surface area contributed by atoms with Crippen molar-refractivity contribution in [3.05, 3.63) is 45.8 Å². The van der Waals surface area contributed by atoms with Gasteiger partial charge in [0, 0.05) is 17.8 Å². The fraction of sp³-hybridized carbons (Fsp3) is 0.350. The number of carbonyl (C=O) groups excluding carboxylic acids is 1. The van der Waals surface area contributed by atoms with Crippen molar-refractivity contribution in [2.75, 3.05) is 27.2 Å². The summed E-state index contributed by atoms with van der Waals surface area (Å²) in [5.74, 6) is 0.127. The molecule has 0 atom stereocenters. The molecule has 2 N–H and O–H groups in total. The molecule has 0 fully saturated rings. The zero-order valence-corrected chi connectivity index (χ0v) is 17.5. The van der Waals surface area contributed by atoms with Gasteiger partial charge in [-0.15, -0.1) is 5.10 Å². The Labute approximate surface area is 169 Å². The van der Waals surface area contributed by atoms with Crippen LogP contribution in [0.1, 0.15) is 18.2 Å². The van der Waals surface area contributed by atoms with Gasteiger partial charge in [-0.05, 0) is 52.6 Å². The van der Waals surface area contributed by atoms with E-state index in [0.29, 0.717) is 29.5 Å². The molecule has 1 aliphatic carbocycles. The number of halogens is 1. The molecule has 2 aromatic heterocycles. The molecule has 0 unspecified atom stereocenters. The van der Waals surface area contributed by atoms with Crippen LogP contribution in [0.25, 0.3) is 5.52 Å². The molecule has 148 valence electrons. The van der Waals surface area contributed by atoms with Gasteiger partial charge in [-0.3, -0.25) is 4.79 Å². The lowest BCUT2D eigenvalue weighted by Crippen LogP contribution is -2.21. The van der Waals surface area contributed by atoms with Crippen molar-refractivity contribution in [3.63, 3.8) is 0 Å². The first-order chi connectivity index (χ1) is 13.2. The Morgan fingerprint density at radius 2 is 2.00 bits per heavy atom. The number of aromatic nitrogens is 2. The Hall–Kier alpha value is -2.64. The lowest BCUT2D eigenvalue weighted by atomic mass is 10.0. The van der Waals surface area contributed by atoms with Crippen molar-refractivity contribution >= 4 is 34.3 Å². The second-order valence-corrected chi connectivity index (χ2v) is 7.46.